The van der Waals surface area contributed by atoms with Gasteiger partial charge in [-0.05, 0) is 18.4 Å². The number of nitrogens with zero attached hydrogens (tertiary/aromatic N) is 3. The number of hydrogen-bond donors (Lipinski definition) is 0. The minimum absolute atomic E-state index is 0.0411. The highest BCUT2D eigenvalue weighted by atomic mass is 32.1. The van der Waals surface area contributed by atoms with E-state index in [1.165, 1.54) is 17.8 Å². The van der Waals surface area contributed by atoms with Crippen molar-refractivity contribution in [2.45, 2.75) is 57.3 Å². The van der Waals surface area contributed by atoms with Crippen LogP contribution in [0.15, 0.2) is 41.2 Å². The molecule has 7 heteroatoms. The Morgan fingerprint density at radius 2 is 1.93 bits per heavy atom. The summed E-state index contributed by atoms with van der Waals surface area (Å²) < 4.78 is 6.23. The molecule has 1 aromatic heterocycles. The molecule has 1 aromatic carbocycles. The number of ether oxygens (including phenoxy) is 1. The van der Waals surface area contributed by atoms with Crippen molar-refractivity contribution in [3.05, 3.63) is 52.5 Å². The summed E-state index contributed by atoms with van der Waals surface area (Å²) in [6.45, 7) is 1.60. The maximum atomic E-state index is 13.1. The number of rotatable bonds is 6. The molecule has 4 rings (SSSR count). The number of hydrogen-bond acceptors (Lipinski definition) is 5. The fourth-order valence-corrected chi connectivity index (χ4v) is 4.92. The highest BCUT2D eigenvalue weighted by molar-refractivity contribution is 7.07. The monoisotopic (exact) mass is 427 g/mol. The quantitative estimate of drug-likeness (QED) is 0.710. The molecule has 0 N–H and O–H groups in total. The molecule has 1 atom stereocenters. The highest BCUT2D eigenvalue weighted by Gasteiger charge is 2.34. The second-order valence-corrected chi connectivity index (χ2v) is 8.91. The number of aromatic nitrogens is 1. The molecule has 0 unspecified atom stereocenters. The molecule has 1 saturated heterocycles. The first-order valence-electron chi connectivity index (χ1n) is 10.8. The summed E-state index contributed by atoms with van der Waals surface area (Å²) in [6, 6.07) is 10.3. The van der Waals surface area contributed by atoms with Crippen molar-refractivity contribution in [1.82, 2.24) is 14.8 Å². The number of thiazole rings is 1. The largest absolute Gasteiger partial charge is 0.370 e. The van der Waals surface area contributed by atoms with Crippen molar-refractivity contribution >= 4 is 23.2 Å². The summed E-state index contributed by atoms with van der Waals surface area (Å²) in [5.74, 6) is -0.0209. The molecule has 2 amide bonds. The van der Waals surface area contributed by atoms with Crippen LogP contribution >= 0.6 is 11.3 Å². The van der Waals surface area contributed by atoms with E-state index >= 15 is 0 Å². The normalized spacial score (nSPS) is 20.9. The fourth-order valence-electron chi connectivity index (χ4n) is 4.36. The van der Waals surface area contributed by atoms with Gasteiger partial charge in [0.2, 0.25) is 11.8 Å². The van der Waals surface area contributed by atoms with Crippen LogP contribution in [0.25, 0.3) is 0 Å². The van der Waals surface area contributed by atoms with Gasteiger partial charge in [-0.15, -0.1) is 11.3 Å². The van der Waals surface area contributed by atoms with Crippen molar-refractivity contribution in [3.8, 4) is 0 Å². The first-order valence-corrected chi connectivity index (χ1v) is 11.7. The molecule has 160 valence electrons. The Hall–Kier alpha value is -2.25. The molecule has 0 bridgehead atoms. The van der Waals surface area contributed by atoms with Crippen LogP contribution in [0.4, 0.5) is 0 Å². The van der Waals surface area contributed by atoms with E-state index in [-0.39, 0.29) is 36.9 Å². The molecule has 2 aliphatic rings. The van der Waals surface area contributed by atoms with E-state index in [0.717, 1.165) is 36.9 Å². The van der Waals surface area contributed by atoms with Gasteiger partial charge in [0.1, 0.15) is 0 Å². The predicted octanol–water partition coefficient (Wildman–Crippen LogP) is 3.27. The third kappa shape index (κ3) is 5.46. The van der Waals surface area contributed by atoms with Gasteiger partial charge in [-0.1, -0.05) is 49.6 Å². The van der Waals surface area contributed by atoms with Crippen molar-refractivity contribution in [1.29, 1.82) is 0 Å². The summed E-state index contributed by atoms with van der Waals surface area (Å²) in [5.41, 5.74) is 3.58. The van der Waals surface area contributed by atoms with E-state index < -0.39 is 0 Å². The van der Waals surface area contributed by atoms with Crippen LogP contribution in [0.2, 0.25) is 0 Å². The zero-order chi connectivity index (χ0) is 20.8. The first kappa shape index (κ1) is 21.0. The van der Waals surface area contributed by atoms with Gasteiger partial charge in [-0.3, -0.25) is 9.59 Å². The van der Waals surface area contributed by atoms with Crippen LogP contribution in [0, 0.1) is 0 Å². The lowest BCUT2D eigenvalue weighted by Gasteiger charge is -2.34. The molecule has 1 aliphatic heterocycles. The highest BCUT2D eigenvalue weighted by Crippen LogP contribution is 2.25. The molecule has 2 aromatic rings. The minimum Gasteiger partial charge on any atom is -0.370 e. The minimum atomic E-state index is -0.196. The summed E-state index contributed by atoms with van der Waals surface area (Å²) in [7, 11) is 0. The summed E-state index contributed by atoms with van der Waals surface area (Å²) in [4.78, 5) is 33.9. The molecule has 1 saturated carbocycles. The number of carbonyl (C=O) groups excluding carboxylic acids is 2. The van der Waals surface area contributed by atoms with Crippen molar-refractivity contribution in [3.63, 3.8) is 0 Å². The van der Waals surface area contributed by atoms with Crippen molar-refractivity contribution in [2.24, 2.45) is 0 Å². The Morgan fingerprint density at radius 3 is 2.67 bits per heavy atom. The van der Waals surface area contributed by atoms with Crippen LogP contribution in [-0.4, -0.2) is 58.4 Å². The molecule has 0 spiro atoms. The van der Waals surface area contributed by atoms with E-state index in [2.05, 4.69) is 4.98 Å². The van der Waals surface area contributed by atoms with Crippen LogP contribution < -0.4 is 0 Å². The number of carbonyl (C=O) groups is 2. The Balaban J connectivity index is 1.47. The summed E-state index contributed by atoms with van der Waals surface area (Å²) in [6.07, 6.45) is 5.69. The average molecular weight is 428 g/mol. The van der Waals surface area contributed by atoms with Crippen molar-refractivity contribution in [2.75, 3.05) is 19.6 Å². The van der Waals surface area contributed by atoms with Gasteiger partial charge in [-0.2, -0.15) is 0 Å². The van der Waals surface area contributed by atoms with Gasteiger partial charge in [0, 0.05) is 24.5 Å². The molecular formula is C23H29N3O3S. The lowest BCUT2D eigenvalue weighted by molar-refractivity contribution is -0.139. The van der Waals surface area contributed by atoms with Crippen LogP contribution in [-0.2, 0) is 27.4 Å². The van der Waals surface area contributed by atoms with Gasteiger partial charge in [0.15, 0.2) is 0 Å². The lowest BCUT2D eigenvalue weighted by Crippen LogP contribution is -2.46. The molecular weight excluding hydrogens is 398 g/mol. The van der Waals surface area contributed by atoms with E-state index in [4.69, 9.17) is 4.74 Å². The Bertz CT molecular complexity index is 821. The van der Waals surface area contributed by atoms with Crippen LogP contribution in [0.5, 0.6) is 0 Å². The van der Waals surface area contributed by atoms with E-state index in [9.17, 15) is 9.59 Å². The molecule has 30 heavy (non-hydrogen) atoms. The van der Waals surface area contributed by atoms with Gasteiger partial charge in [0.05, 0.1) is 36.9 Å². The van der Waals surface area contributed by atoms with Crippen LogP contribution in [0.1, 0.15) is 43.4 Å². The second-order valence-electron chi connectivity index (χ2n) is 8.19. The average Bonchev–Trinajstić information content (AvgIpc) is 3.22. The summed E-state index contributed by atoms with van der Waals surface area (Å²) >= 11 is 1.48. The molecule has 6 nitrogen and oxygen atoms in total. The smallest absolute Gasteiger partial charge is 0.242 e. The van der Waals surface area contributed by atoms with Crippen LogP contribution in [0.3, 0.4) is 0 Å². The third-order valence-electron chi connectivity index (χ3n) is 5.98. The van der Waals surface area contributed by atoms with Gasteiger partial charge >= 0.3 is 0 Å². The molecule has 2 heterocycles. The number of amides is 2. The SMILES string of the molecule is O=C(Cc1cscn1)N1CC(=O)N(C2CCCCC2)C[C@@H](OCc2ccccc2)C1. The van der Waals surface area contributed by atoms with Gasteiger partial charge < -0.3 is 14.5 Å². The fraction of sp³-hybridized carbons (Fsp3) is 0.522. The topological polar surface area (TPSA) is 62.7 Å². The zero-order valence-electron chi connectivity index (χ0n) is 17.2. The Morgan fingerprint density at radius 1 is 1.13 bits per heavy atom. The second kappa shape index (κ2) is 10.2. The zero-order valence-corrected chi connectivity index (χ0v) is 18.1. The van der Waals surface area contributed by atoms with E-state index in [1.807, 2.05) is 40.6 Å². The van der Waals surface area contributed by atoms with E-state index in [0.29, 0.717) is 19.7 Å². The maximum Gasteiger partial charge on any atom is 0.242 e. The van der Waals surface area contributed by atoms with Crippen molar-refractivity contribution < 1.29 is 14.3 Å². The first-order chi connectivity index (χ1) is 14.7. The maximum absolute atomic E-state index is 13.1. The lowest BCUT2D eigenvalue weighted by atomic mass is 9.94. The molecule has 1 aliphatic carbocycles. The Labute approximate surface area is 181 Å². The summed E-state index contributed by atoms with van der Waals surface area (Å²) in [5, 5.41) is 1.88. The Kier molecular flexibility index (Phi) is 7.12. The molecule has 2 fully saturated rings. The standard InChI is InChI=1S/C23H29N3O3S/c27-22(11-19-16-30-17-24-19)25-12-21(29-15-18-7-3-1-4-8-18)13-26(23(28)14-25)20-9-5-2-6-10-20/h1,3-4,7-8,16-17,20-21H,2,5-6,9-15H2/t21-/m0/s1. The predicted molar refractivity (Wildman–Crippen MR) is 116 cm³/mol. The molecule has 0 radical (unpaired) electrons. The van der Waals surface area contributed by atoms with Gasteiger partial charge in [-0.25, -0.2) is 4.98 Å². The van der Waals surface area contributed by atoms with Gasteiger partial charge in [0.25, 0.3) is 0 Å². The van der Waals surface area contributed by atoms with E-state index in [1.54, 1.807) is 10.4 Å². The third-order valence-corrected chi connectivity index (χ3v) is 6.62. The number of benzene rings is 1.